The highest BCUT2D eigenvalue weighted by Crippen LogP contribution is 2.07. The number of fused-ring (bicyclic) bond motifs is 1. The van der Waals surface area contributed by atoms with Gasteiger partial charge in [-0.1, -0.05) is 0 Å². The molecule has 0 amide bonds. The van der Waals surface area contributed by atoms with Gasteiger partial charge in [-0.05, 0) is 18.2 Å². The molecule has 0 spiro atoms. The SMILES string of the molecule is N#Cc1ccc2[nH]ncc(=O)c2c1. The largest absolute Gasteiger partial charge is 0.287 e. The van der Waals surface area contributed by atoms with Gasteiger partial charge in [0.1, 0.15) is 0 Å². The molecule has 0 aliphatic carbocycles. The van der Waals surface area contributed by atoms with Gasteiger partial charge in [0.25, 0.3) is 0 Å². The summed E-state index contributed by atoms with van der Waals surface area (Å²) >= 11 is 0. The lowest BCUT2D eigenvalue weighted by Gasteiger charge is -1.94. The summed E-state index contributed by atoms with van der Waals surface area (Å²) in [5.74, 6) is 0. The molecular formula is C9H5N3O. The Hall–Kier alpha value is -2.15. The minimum absolute atomic E-state index is 0.175. The van der Waals surface area contributed by atoms with Crippen LogP contribution in [0.4, 0.5) is 0 Å². The van der Waals surface area contributed by atoms with E-state index in [1.165, 1.54) is 6.20 Å². The Morgan fingerprint density at radius 2 is 2.31 bits per heavy atom. The van der Waals surface area contributed by atoms with Gasteiger partial charge in [0.2, 0.25) is 5.43 Å². The van der Waals surface area contributed by atoms with E-state index in [4.69, 9.17) is 5.26 Å². The average molecular weight is 171 g/mol. The monoisotopic (exact) mass is 171 g/mol. The van der Waals surface area contributed by atoms with Crippen LogP contribution in [0.3, 0.4) is 0 Å². The first-order valence-electron chi connectivity index (χ1n) is 3.69. The van der Waals surface area contributed by atoms with Crippen molar-refractivity contribution in [2.24, 2.45) is 0 Å². The standard InChI is InChI=1S/C9H5N3O/c10-4-6-1-2-8-7(3-6)9(13)5-11-12-8/h1-3,5H,(H,12,13). The lowest BCUT2D eigenvalue weighted by atomic mass is 10.1. The minimum Gasteiger partial charge on any atom is -0.287 e. The van der Waals surface area contributed by atoms with Gasteiger partial charge in [-0.3, -0.25) is 9.89 Å². The lowest BCUT2D eigenvalue weighted by Crippen LogP contribution is -2.02. The molecule has 4 heteroatoms. The maximum atomic E-state index is 11.3. The van der Waals surface area contributed by atoms with Crippen LogP contribution >= 0.6 is 0 Å². The predicted molar refractivity (Wildman–Crippen MR) is 47.1 cm³/mol. The Balaban J connectivity index is 2.92. The third kappa shape index (κ3) is 1.16. The highest BCUT2D eigenvalue weighted by Gasteiger charge is 1.98. The third-order valence-electron chi connectivity index (χ3n) is 1.78. The number of benzene rings is 1. The fourth-order valence-corrected chi connectivity index (χ4v) is 1.15. The number of nitrogens with one attached hydrogen (secondary N) is 1. The molecule has 2 aromatic rings. The van der Waals surface area contributed by atoms with Crippen LogP contribution in [0.25, 0.3) is 10.9 Å². The number of aromatic amines is 1. The van der Waals surface area contributed by atoms with Crippen LogP contribution in [0.1, 0.15) is 5.56 Å². The Bertz CT molecular complexity index is 551. The number of aromatic nitrogens is 2. The molecule has 1 heterocycles. The van der Waals surface area contributed by atoms with Crippen LogP contribution in [0.5, 0.6) is 0 Å². The van der Waals surface area contributed by atoms with Crippen molar-refractivity contribution >= 4 is 10.9 Å². The van der Waals surface area contributed by atoms with Gasteiger partial charge < -0.3 is 0 Å². The lowest BCUT2D eigenvalue weighted by molar-refractivity contribution is 1.06. The van der Waals surface area contributed by atoms with Crippen LogP contribution in [0.15, 0.2) is 29.2 Å². The second kappa shape index (κ2) is 2.72. The van der Waals surface area contributed by atoms with E-state index in [0.29, 0.717) is 16.5 Å². The molecule has 1 aromatic carbocycles. The molecule has 0 unspecified atom stereocenters. The van der Waals surface area contributed by atoms with Crippen molar-refractivity contribution in [3.05, 3.63) is 40.2 Å². The normalized spacial score (nSPS) is 9.77. The van der Waals surface area contributed by atoms with Gasteiger partial charge in [-0.2, -0.15) is 10.4 Å². The molecule has 0 saturated heterocycles. The highest BCUT2D eigenvalue weighted by molar-refractivity contribution is 5.78. The molecule has 0 radical (unpaired) electrons. The molecule has 0 aliphatic heterocycles. The first-order chi connectivity index (χ1) is 6.31. The quantitative estimate of drug-likeness (QED) is 0.637. The Morgan fingerprint density at radius 1 is 1.46 bits per heavy atom. The van der Waals surface area contributed by atoms with Crippen LogP contribution in [0, 0.1) is 11.3 Å². The molecule has 13 heavy (non-hydrogen) atoms. The molecule has 2 rings (SSSR count). The summed E-state index contributed by atoms with van der Waals surface area (Å²) in [6.07, 6.45) is 1.20. The molecule has 0 atom stereocenters. The zero-order chi connectivity index (χ0) is 9.26. The number of hydrogen-bond donors (Lipinski definition) is 1. The maximum absolute atomic E-state index is 11.3. The van der Waals surface area contributed by atoms with Gasteiger partial charge >= 0.3 is 0 Å². The molecule has 1 aromatic heterocycles. The maximum Gasteiger partial charge on any atom is 0.207 e. The van der Waals surface area contributed by atoms with Gasteiger partial charge in [0.05, 0.1) is 23.3 Å². The zero-order valence-corrected chi connectivity index (χ0v) is 6.61. The summed E-state index contributed by atoms with van der Waals surface area (Å²) in [6.45, 7) is 0. The van der Waals surface area contributed by atoms with Crippen LogP contribution in [0.2, 0.25) is 0 Å². The van der Waals surface area contributed by atoms with Crippen molar-refractivity contribution in [3.8, 4) is 6.07 Å². The first-order valence-corrected chi connectivity index (χ1v) is 3.69. The van der Waals surface area contributed by atoms with Gasteiger partial charge in [-0.15, -0.1) is 0 Å². The number of rotatable bonds is 0. The van der Waals surface area contributed by atoms with Crippen molar-refractivity contribution in [2.75, 3.05) is 0 Å². The zero-order valence-electron chi connectivity index (χ0n) is 6.61. The minimum atomic E-state index is -0.175. The second-order valence-corrected chi connectivity index (χ2v) is 2.61. The number of H-pyrrole nitrogens is 1. The highest BCUT2D eigenvalue weighted by atomic mass is 16.1. The Labute approximate surface area is 73.4 Å². The van der Waals surface area contributed by atoms with Gasteiger partial charge in [0, 0.05) is 5.39 Å². The summed E-state index contributed by atoms with van der Waals surface area (Å²) in [5.41, 5.74) is 0.946. The number of nitrogens with zero attached hydrogens (tertiary/aromatic N) is 2. The van der Waals surface area contributed by atoms with E-state index >= 15 is 0 Å². The topological polar surface area (TPSA) is 69.5 Å². The Morgan fingerprint density at radius 3 is 3.08 bits per heavy atom. The van der Waals surface area contributed by atoms with Crippen molar-refractivity contribution < 1.29 is 0 Å². The Kier molecular flexibility index (Phi) is 1.57. The molecule has 1 N–H and O–H groups in total. The molecule has 62 valence electrons. The molecule has 0 fully saturated rings. The van der Waals surface area contributed by atoms with E-state index in [1.54, 1.807) is 18.2 Å². The van der Waals surface area contributed by atoms with E-state index in [1.807, 2.05) is 6.07 Å². The molecule has 0 saturated carbocycles. The first kappa shape index (κ1) is 7.50. The summed E-state index contributed by atoms with van der Waals surface area (Å²) in [5, 5.41) is 15.4. The van der Waals surface area contributed by atoms with Crippen LogP contribution < -0.4 is 5.43 Å². The van der Waals surface area contributed by atoms with E-state index in [9.17, 15) is 4.79 Å². The third-order valence-corrected chi connectivity index (χ3v) is 1.78. The second-order valence-electron chi connectivity index (χ2n) is 2.61. The summed E-state index contributed by atoms with van der Waals surface area (Å²) in [4.78, 5) is 11.3. The van der Waals surface area contributed by atoms with E-state index in [-0.39, 0.29) is 5.43 Å². The van der Waals surface area contributed by atoms with Crippen molar-refractivity contribution in [1.29, 1.82) is 5.26 Å². The van der Waals surface area contributed by atoms with Gasteiger partial charge in [0.15, 0.2) is 0 Å². The van der Waals surface area contributed by atoms with E-state index in [0.717, 1.165) is 0 Å². The average Bonchev–Trinajstić information content (AvgIpc) is 2.18. The van der Waals surface area contributed by atoms with Crippen LogP contribution in [-0.4, -0.2) is 10.2 Å². The molecule has 0 bridgehead atoms. The van der Waals surface area contributed by atoms with Crippen LogP contribution in [-0.2, 0) is 0 Å². The summed E-state index contributed by atoms with van der Waals surface area (Å²) in [7, 11) is 0. The van der Waals surface area contributed by atoms with Gasteiger partial charge in [-0.25, -0.2) is 0 Å². The fraction of sp³-hybridized carbons (Fsp3) is 0. The summed E-state index contributed by atoms with van der Waals surface area (Å²) < 4.78 is 0. The fourth-order valence-electron chi connectivity index (χ4n) is 1.15. The van der Waals surface area contributed by atoms with Crippen molar-refractivity contribution in [3.63, 3.8) is 0 Å². The van der Waals surface area contributed by atoms with Crippen molar-refractivity contribution in [1.82, 2.24) is 10.2 Å². The summed E-state index contributed by atoms with van der Waals surface area (Å²) in [6, 6.07) is 6.83. The molecule has 4 nitrogen and oxygen atoms in total. The van der Waals surface area contributed by atoms with Crippen molar-refractivity contribution in [2.45, 2.75) is 0 Å². The smallest absolute Gasteiger partial charge is 0.207 e. The number of nitriles is 1. The van der Waals surface area contributed by atoms with E-state index < -0.39 is 0 Å². The molecular weight excluding hydrogens is 166 g/mol. The number of hydrogen-bond acceptors (Lipinski definition) is 3. The van der Waals surface area contributed by atoms with E-state index in [2.05, 4.69) is 10.2 Å². The predicted octanol–water partition coefficient (Wildman–Crippen LogP) is 0.795. The molecule has 0 aliphatic rings.